The molecule has 0 atom stereocenters. The molecule has 12 heteroatoms. The van der Waals surface area contributed by atoms with Crippen LogP contribution in [0.5, 0.6) is 5.75 Å². The second-order valence-electron chi connectivity index (χ2n) is 7.28. The topological polar surface area (TPSA) is 83.6 Å². The normalized spacial score (nSPS) is 14.8. The summed E-state index contributed by atoms with van der Waals surface area (Å²) < 4.78 is 76.1. The lowest BCUT2D eigenvalue weighted by molar-refractivity contribution is 0.0379. The molecule has 170 valence electrons. The van der Waals surface area contributed by atoms with Crippen LogP contribution in [0.25, 0.3) is 0 Å². The number of rotatable bonds is 8. The molecule has 2 aromatic carbocycles. The molecular weight excluding hydrogens is 465 g/mol. The number of benzene rings is 2. The average molecular weight is 485 g/mol. The summed E-state index contributed by atoms with van der Waals surface area (Å²) in [5.74, 6) is -2.82. The molecule has 1 aliphatic rings. The van der Waals surface area contributed by atoms with Crippen LogP contribution in [0.15, 0.2) is 46.1 Å². The summed E-state index contributed by atoms with van der Waals surface area (Å²) in [5, 5.41) is 4.12. The molecular formula is C20H19F3N4O3S2. The van der Waals surface area contributed by atoms with Crippen molar-refractivity contribution in [3.8, 4) is 5.75 Å². The molecule has 2 N–H and O–H groups in total. The Labute approximate surface area is 186 Å². The molecule has 0 amide bonds. The van der Waals surface area contributed by atoms with Crippen LogP contribution in [-0.4, -0.2) is 44.5 Å². The SMILES string of the molecule is CN1CC(Oc2cccc(F)c2CNc2cc(F)c(S(=O)(=O)Nc3cscn3)c(F)c2)C1. The Kier molecular flexibility index (Phi) is 6.26. The third-order valence-corrected chi connectivity index (χ3v) is 6.80. The van der Waals surface area contributed by atoms with Gasteiger partial charge in [0.15, 0.2) is 10.7 Å². The molecule has 0 spiro atoms. The predicted octanol–water partition coefficient (Wildman–Crippen LogP) is 3.67. The van der Waals surface area contributed by atoms with Crippen LogP contribution in [0.2, 0.25) is 0 Å². The fraction of sp³-hybridized carbons (Fsp3) is 0.250. The molecule has 0 aliphatic carbocycles. The standard InChI is InChI=1S/C20H19F3N4O3S2/c1-27-8-13(9-27)30-18-4-2-3-15(21)14(18)7-24-12-5-16(22)20(17(23)6-12)32(28,29)26-19-10-31-11-25-19/h2-6,10-11,13,24,26H,7-9H2,1H3. The number of ether oxygens (including phenoxy) is 1. The molecule has 1 aromatic heterocycles. The number of likely N-dealkylation sites (tertiary alicyclic amines) is 1. The molecule has 0 bridgehead atoms. The summed E-state index contributed by atoms with van der Waals surface area (Å²) in [5.41, 5.74) is 1.52. The van der Waals surface area contributed by atoms with Gasteiger partial charge in [0.05, 0.1) is 5.51 Å². The molecule has 2 heterocycles. The van der Waals surface area contributed by atoms with Crippen LogP contribution in [0, 0.1) is 17.5 Å². The zero-order valence-electron chi connectivity index (χ0n) is 16.8. The summed E-state index contributed by atoms with van der Waals surface area (Å²) in [6.45, 7) is 1.31. The maximum Gasteiger partial charge on any atom is 0.268 e. The van der Waals surface area contributed by atoms with Crippen molar-refractivity contribution >= 4 is 32.9 Å². The largest absolute Gasteiger partial charge is 0.487 e. The van der Waals surface area contributed by atoms with Gasteiger partial charge in [0, 0.05) is 36.3 Å². The molecule has 0 unspecified atom stereocenters. The fourth-order valence-corrected chi connectivity index (χ4v) is 4.96. The highest BCUT2D eigenvalue weighted by molar-refractivity contribution is 7.92. The van der Waals surface area contributed by atoms with Crippen LogP contribution >= 0.6 is 11.3 Å². The van der Waals surface area contributed by atoms with E-state index in [4.69, 9.17) is 4.74 Å². The van der Waals surface area contributed by atoms with Gasteiger partial charge in [-0.2, -0.15) is 0 Å². The smallest absolute Gasteiger partial charge is 0.268 e. The second-order valence-corrected chi connectivity index (χ2v) is 9.62. The monoisotopic (exact) mass is 484 g/mol. The van der Waals surface area contributed by atoms with Gasteiger partial charge < -0.3 is 10.1 Å². The van der Waals surface area contributed by atoms with E-state index in [1.807, 2.05) is 16.7 Å². The van der Waals surface area contributed by atoms with E-state index in [-0.39, 0.29) is 29.7 Å². The minimum atomic E-state index is -4.52. The maximum absolute atomic E-state index is 14.6. The van der Waals surface area contributed by atoms with E-state index in [2.05, 4.69) is 10.3 Å². The summed E-state index contributed by atoms with van der Waals surface area (Å²) in [4.78, 5) is 4.66. The molecule has 1 saturated heterocycles. The number of thiazole rings is 1. The molecule has 7 nitrogen and oxygen atoms in total. The van der Waals surface area contributed by atoms with Crippen molar-refractivity contribution in [3.05, 3.63) is 64.2 Å². The number of nitrogens with zero attached hydrogens (tertiary/aromatic N) is 2. The third-order valence-electron chi connectivity index (χ3n) is 4.81. The van der Waals surface area contributed by atoms with Gasteiger partial charge in [0.2, 0.25) is 0 Å². The zero-order valence-corrected chi connectivity index (χ0v) is 18.4. The second kappa shape index (κ2) is 8.96. The quantitative estimate of drug-likeness (QED) is 0.508. The average Bonchev–Trinajstić information content (AvgIpc) is 3.17. The van der Waals surface area contributed by atoms with Gasteiger partial charge in [0.25, 0.3) is 10.0 Å². The minimum absolute atomic E-state index is 0.0410. The lowest BCUT2D eigenvalue weighted by Crippen LogP contribution is -2.51. The number of aromatic nitrogens is 1. The van der Waals surface area contributed by atoms with Crippen molar-refractivity contribution in [2.75, 3.05) is 30.2 Å². The zero-order chi connectivity index (χ0) is 22.9. The van der Waals surface area contributed by atoms with E-state index < -0.39 is 32.4 Å². The number of nitrogens with one attached hydrogen (secondary N) is 2. The number of sulfonamides is 1. The van der Waals surface area contributed by atoms with Gasteiger partial charge in [-0.3, -0.25) is 9.62 Å². The van der Waals surface area contributed by atoms with Crippen LogP contribution in [0.4, 0.5) is 24.7 Å². The Hall–Kier alpha value is -2.83. The minimum Gasteiger partial charge on any atom is -0.487 e. The first-order valence-electron chi connectivity index (χ1n) is 9.49. The van der Waals surface area contributed by atoms with E-state index in [0.717, 1.165) is 23.5 Å². The van der Waals surface area contributed by atoms with Crippen molar-refractivity contribution in [2.45, 2.75) is 17.5 Å². The fourth-order valence-electron chi connectivity index (χ4n) is 3.28. The lowest BCUT2D eigenvalue weighted by atomic mass is 10.1. The summed E-state index contributed by atoms with van der Waals surface area (Å²) in [7, 11) is -2.59. The number of hydrogen-bond donors (Lipinski definition) is 2. The molecule has 1 aliphatic heterocycles. The van der Waals surface area contributed by atoms with E-state index in [1.54, 1.807) is 6.07 Å². The molecule has 32 heavy (non-hydrogen) atoms. The van der Waals surface area contributed by atoms with Crippen molar-refractivity contribution in [2.24, 2.45) is 0 Å². The van der Waals surface area contributed by atoms with Crippen molar-refractivity contribution in [1.29, 1.82) is 0 Å². The Morgan fingerprint density at radius 2 is 1.91 bits per heavy atom. The molecule has 0 saturated carbocycles. The summed E-state index contributed by atoms with van der Waals surface area (Å²) in [6, 6.07) is 6.07. The van der Waals surface area contributed by atoms with E-state index >= 15 is 0 Å². The van der Waals surface area contributed by atoms with Gasteiger partial charge >= 0.3 is 0 Å². The Bertz CT molecular complexity index is 1190. The van der Waals surface area contributed by atoms with Crippen LogP contribution in [0.3, 0.4) is 0 Å². The number of halogens is 3. The van der Waals surface area contributed by atoms with E-state index in [9.17, 15) is 21.6 Å². The first kappa shape index (κ1) is 22.4. The van der Waals surface area contributed by atoms with Crippen LogP contribution in [0.1, 0.15) is 5.56 Å². The van der Waals surface area contributed by atoms with Crippen molar-refractivity contribution in [3.63, 3.8) is 0 Å². The molecule has 3 aromatic rings. The molecule has 1 fully saturated rings. The van der Waals surface area contributed by atoms with Gasteiger partial charge in [-0.05, 0) is 31.3 Å². The number of hydrogen-bond acceptors (Lipinski definition) is 7. The van der Waals surface area contributed by atoms with Gasteiger partial charge in [-0.25, -0.2) is 26.6 Å². The third kappa shape index (κ3) is 4.81. The molecule has 4 rings (SSSR count). The number of likely N-dealkylation sites (N-methyl/N-ethyl adjacent to an activating group) is 1. The van der Waals surface area contributed by atoms with Crippen molar-refractivity contribution < 1.29 is 26.3 Å². The first-order valence-corrected chi connectivity index (χ1v) is 11.9. The highest BCUT2D eigenvalue weighted by atomic mass is 32.2. The van der Waals surface area contributed by atoms with E-state index in [1.165, 1.54) is 23.0 Å². The summed E-state index contributed by atoms with van der Waals surface area (Å²) >= 11 is 1.12. The Balaban J connectivity index is 1.52. The summed E-state index contributed by atoms with van der Waals surface area (Å²) in [6.07, 6.45) is -0.0647. The lowest BCUT2D eigenvalue weighted by Gasteiger charge is -2.36. The van der Waals surface area contributed by atoms with Gasteiger partial charge in [-0.1, -0.05) is 6.07 Å². The predicted molar refractivity (Wildman–Crippen MR) is 115 cm³/mol. The highest BCUT2D eigenvalue weighted by Crippen LogP contribution is 2.28. The van der Waals surface area contributed by atoms with Gasteiger partial charge in [0.1, 0.15) is 29.3 Å². The van der Waals surface area contributed by atoms with Crippen LogP contribution < -0.4 is 14.8 Å². The Morgan fingerprint density at radius 3 is 2.53 bits per heavy atom. The Morgan fingerprint density at radius 1 is 1.19 bits per heavy atom. The molecule has 0 radical (unpaired) electrons. The van der Waals surface area contributed by atoms with E-state index in [0.29, 0.717) is 18.8 Å². The highest BCUT2D eigenvalue weighted by Gasteiger charge is 2.27. The first-order chi connectivity index (χ1) is 15.2. The van der Waals surface area contributed by atoms with Crippen LogP contribution in [-0.2, 0) is 16.6 Å². The van der Waals surface area contributed by atoms with Gasteiger partial charge in [-0.15, -0.1) is 11.3 Å². The maximum atomic E-state index is 14.6. The number of anilines is 2. The van der Waals surface area contributed by atoms with Crippen molar-refractivity contribution in [1.82, 2.24) is 9.88 Å².